The number of ether oxygens (including phenoxy) is 4. The highest BCUT2D eigenvalue weighted by Gasteiger charge is 2.13. The van der Waals surface area contributed by atoms with Crippen LogP contribution >= 0.6 is 0 Å². The molecule has 1 N–H and O–H groups in total. The molecule has 0 unspecified atom stereocenters. The Morgan fingerprint density at radius 2 is 1.76 bits per heavy atom. The van der Waals surface area contributed by atoms with E-state index in [4.69, 9.17) is 18.9 Å². The largest absolute Gasteiger partial charge is 0.493 e. The molecule has 0 radical (unpaired) electrons. The summed E-state index contributed by atoms with van der Waals surface area (Å²) >= 11 is 0. The van der Waals surface area contributed by atoms with E-state index in [0.717, 1.165) is 12.1 Å². The van der Waals surface area contributed by atoms with Crippen molar-refractivity contribution in [2.24, 2.45) is 0 Å². The number of hydrogen-bond donors (Lipinski definition) is 1. The number of benzene rings is 1. The van der Waals surface area contributed by atoms with Gasteiger partial charge in [-0.15, -0.1) is 0 Å². The van der Waals surface area contributed by atoms with Crippen LogP contribution in [0.3, 0.4) is 0 Å². The number of nitrogens with one attached hydrogen (secondary N) is 1. The molecule has 0 aliphatic heterocycles. The van der Waals surface area contributed by atoms with Crippen molar-refractivity contribution in [2.45, 2.75) is 13.5 Å². The van der Waals surface area contributed by atoms with E-state index in [2.05, 4.69) is 5.32 Å². The van der Waals surface area contributed by atoms with Crippen molar-refractivity contribution >= 4 is 0 Å². The molecule has 0 aromatic heterocycles. The predicted molar refractivity (Wildman–Crippen MR) is 83.4 cm³/mol. The molecule has 1 rings (SSSR count). The average molecular weight is 295 g/mol. The van der Waals surface area contributed by atoms with Gasteiger partial charge in [-0.1, -0.05) is 12.2 Å². The standard InChI is InChI=1S/C16H25NO4/c1-5-6-8-21-16-14(19-3)10-13(11-15(16)20-4)12-17-7-9-18-2/h5-6,10-11,17H,7-9,12H2,1-4H3. The van der Waals surface area contributed by atoms with Gasteiger partial charge >= 0.3 is 0 Å². The first-order valence-corrected chi connectivity index (χ1v) is 6.95. The smallest absolute Gasteiger partial charge is 0.203 e. The van der Waals surface area contributed by atoms with E-state index in [1.807, 2.05) is 31.2 Å². The van der Waals surface area contributed by atoms with Gasteiger partial charge in [0.15, 0.2) is 11.5 Å². The Labute approximate surface area is 126 Å². The summed E-state index contributed by atoms with van der Waals surface area (Å²) in [6, 6.07) is 3.90. The lowest BCUT2D eigenvalue weighted by molar-refractivity contribution is 0.199. The minimum Gasteiger partial charge on any atom is -0.493 e. The molecule has 1 aromatic carbocycles. The topological polar surface area (TPSA) is 49.0 Å². The summed E-state index contributed by atoms with van der Waals surface area (Å²) in [7, 11) is 4.93. The van der Waals surface area contributed by atoms with Gasteiger partial charge in [-0.25, -0.2) is 0 Å². The van der Waals surface area contributed by atoms with Gasteiger partial charge in [0.2, 0.25) is 5.75 Å². The Morgan fingerprint density at radius 3 is 2.29 bits per heavy atom. The summed E-state index contributed by atoms with van der Waals surface area (Å²) in [6.45, 7) is 4.62. The molecule has 21 heavy (non-hydrogen) atoms. The van der Waals surface area contributed by atoms with Crippen molar-refractivity contribution in [3.8, 4) is 17.2 Å². The van der Waals surface area contributed by atoms with E-state index in [-0.39, 0.29) is 0 Å². The van der Waals surface area contributed by atoms with Crippen molar-refractivity contribution in [1.29, 1.82) is 0 Å². The third-order valence-electron chi connectivity index (χ3n) is 2.89. The molecule has 0 amide bonds. The third-order valence-corrected chi connectivity index (χ3v) is 2.89. The van der Waals surface area contributed by atoms with Crippen LogP contribution in [0.25, 0.3) is 0 Å². The molecule has 0 heterocycles. The summed E-state index contributed by atoms with van der Waals surface area (Å²) in [4.78, 5) is 0. The summed E-state index contributed by atoms with van der Waals surface area (Å²) in [5, 5.41) is 3.29. The lowest BCUT2D eigenvalue weighted by Crippen LogP contribution is -2.18. The minimum absolute atomic E-state index is 0.481. The third kappa shape index (κ3) is 5.65. The molecule has 118 valence electrons. The zero-order valence-corrected chi connectivity index (χ0v) is 13.3. The molecular weight excluding hydrogens is 270 g/mol. The Morgan fingerprint density at radius 1 is 1.10 bits per heavy atom. The van der Waals surface area contributed by atoms with E-state index in [1.54, 1.807) is 21.3 Å². The van der Waals surface area contributed by atoms with Crippen LogP contribution in [0.2, 0.25) is 0 Å². The van der Waals surface area contributed by atoms with Crippen molar-refractivity contribution in [3.05, 3.63) is 29.8 Å². The van der Waals surface area contributed by atoms with E-state index in [9.17, 15) is 0 Å². The molecule has 0 saturated heterocycles. The van der Waals surface area contributed by atoms with Gasteiger partial charge in [-0.05, 0) is 24.6 Å². The highest BCUT2D eigenvalue weighted by atomic mass is 16.5. The molecule has 0 fully saturated rings. The second kappa shape index (κ2) is 10.1. The maximum absolute atomic E-state index is 5.71. The maximum atomic E-state index is 5.71. The molecule has 0 bridgehead atoms. The number of allylic oxidation sites excluding steroid dienone is 1. The molecule has 0 aliphatic rings. The van der Waals surface area contributed by atoms with Crippen LogP contribution < -0.4 is 19.5 Å². The molecule has 0 atom stereocenters. The van der Waals surface area contributed by atoms with Crippen LogP contribution in [0.4, 0.5) is 0 Å². The number of hydrogen-bond acceptors (Lipinski definition) is 5. The highest BCUT2D eigenvalue weighted by molar-refractivity contribution is 5.54. The first-order chi connectivity index (χ1) is 10.3. The van der Waals surface area contributed by atoms with Gasteiger partial charge in [-0.2, -0.15) is 0 Å². The molecule has 1 aromatic rings. The molecule has 0 spiro atoms. The molecule has 0 aliphatic carbocycles. The van der Waals surface area contributed by atoms with Crippen molar-refractivity contribution < 1.29 is 18.9 Å². The first-order valence-electron chi connectivity index (χ1n) is 6.95. The zero-order valence-electron chi connectivity index (χ0n) is 13.3. The second-order valence-electron chi connectivity index (χ2n) is 4.38. The Balaban J connectivity index is 2.83. The normalized spacial score (nSPS) is 10.9. The first kappa shape index (κ1) is 17.3. The minimum atomic E-state index is 0.481. The number of rotatable bonds is 10. The average Bonchev–Trinajstić information content (AvgIpc) is 2.52. The van der Waals surface area contributed by atoms with Gasteiger partial charge in [0.1, 0.15) is 6.61 Å². The van der Waals surface area contributed by atoms with Crippen LogP contribution in [-0.4, -0.2) is 41.1 Å². The van der Waals surface area contributed by atoms with Crippen LogP contribution in [0.5, 0.6) is 17.2 Å². The quantitative estimate of drug-likeness (QED) is 0.530. The number of methoxy groups -OCH3 is 3. The summed E-state index contributed by atoms with van der Waals surface area (Å²) in [6.07, 6.45) is 3.87. The monoisotopic (exact) mass is 295 g/mol. The second-order valence-corrected chi connectivity index (χ2v) is 4.38. The highest BCUT2D eigenvalue weighted by Crippen LogP contribution is 2.38. The molecular formula is C16H25NO4. The van der Waals surface area contributed by atoms with Crippen LogP contribution in [0.15, 0.2) is 24.3 Å². The van der Waals surface area contributed by atoms with Crippen molar-refractivity contribution in [2.75, 3.05) is 41.1 Å². The Hall–Kier alpha value is -1.72. The van der Waals surface area contributed by atoms with Crippen molar-refractivity contribution in [3.63, 3.8) is 0 Å². The van der Waals surface area contributed by atoms with Gasteiger partial charge in [-0.3, -0.25) is 0 Å². The van der Waals surface area contributed by atoms with Gasteiger partial charge in [0.05, 0.1) is 20.8 Å². The fourth-order valence-electron chi connectivity index (χ4n) is 1.81. The fraction of sp³-hybridized carbons (Fsp3) is 0.500. The van der Waals surface area contributed by atoms with E-state index >= 15 is 0 Å². The van der Waals surface area contributed by atoms with Gasteiger partial charge < -0.3 is 24.3 Å². The Bertz CT molecular complexity index is 421. The van der Waals surface area contributed by atoms with Gasteiger partial charge in [0.25, 0.3) is 0 Å². The van der Waals surface area contributed by atoms with E-state index < -0.39 is 0 Å². The molecule has 0 saturated carbocycles. The molecule has 5 heteroatoms. The van der Waals surface area contributed by atoms with Crippen molar-refractivity contribution in [1.82, 2.24) is 5.32 Å². The lowest BCUT2D eigenvalue weighted by atomic mass is 10.1. The summed E-state index contributed by atoms with van der Waals surface area (Å²) in [5.41, 5.74) is 1.07. The summed E-state index contributed by atoms with van der Waals surface area (Å²) < 4.78 is 21.5. The predicted octanol–water partition coefficient (Wildman–Crippen LogP) is 2.39. The zero-order chi connectivity index (χ0) is 15.5. The molecule has 5 nitrogen and oxygen atoms in total. The lowest BCUT2D eigenvalue weighted by Gasteiger charge is -2.15. The SMILES string of the molecule is CC=CCOc1c(OC)cc(CNCCOC)cc1OC. The maximum Gasteiger partial charge on any atom is 0.203 e. The van der Waals surface area contributed by atoms with Gasteiger partial charge in [0, 0.05) is 20.2 Å². The van der Waals surface area contributed by atoms with Crippen LogP contribution in [-0.2, 0) is 11.3 Å². The van der Waals surface area contributed by atoms with E-state index in [0.29, 0.717) is 37.0 Å². The fourth-order valence-corrected chi connectivity index (χ4v) is 1.81. The van der Waals surface area contributed by atoms with Crippen LogP contribution in [0.1, 0.15) is 12.5 Å². The summed E-state index contributed by atoms with van der Waals surface area (Å²) in [5.74, 6) is 1.96. The van der Waals surface area contributed by atoms with E-state index in [1.165, 1.54) is 0 Å². The van der Waals surface area contributed by atoms with Crippen LogP contribution in [0, 0.1) is 0 Å². The Kier molecular flexibility index (Phi) is 8.31.